The molecule has 0 bridgehead atoms. The zero-order valence-electron chi connectivity index (χ0n) is 9.42. The van der Waals surface area contributed by atoms with Gasteiger partial charge in [0.2, 0.25) is 0 Å². The smallest absolute Gasteiger partial charge is 0.117 e. The van der Waals surface area contributed by atoms with Gasteiger partial charge >= 0.3 is 0 Å². The predicted molar refractivity (Wildman–Crippen MR) is 63.6 cm³/mol. The number of hydrogen-bond donors (Lipinski definition) is 2. The Balaban J connectivity index is 2.76. The number of rotatable bonds is 5. The first-order valence-corrected chi connectivity index (χ1v) is 5.89. The Morgan fingerprint density at radius 2 is 2.33 bits per heavy atom. The van der Waals surface area contributed by atoms with Gasteiger partial charge in [-0.05, 0) is 35.8 Å². The molecular weight excluding hydrogens is 258 g/mol. The molecule has 1 aromatic heterocycles. The number of aromatic nitrogens is 2. The highest BCUT2D eigenvalue weighted by Gasteiger charge is 2.28. The lowest BCUT2D eigenvalue weighted by Gasteiger charge is -2.24. The molecule has 1 unspecified atom stereocenters. The SMILES string of the molecule is CCCNCC(C)(O)c1c(Br)cnn1C. The summed E-state index contributed by atoms with van der Waals surface area (Å²) in [7, 11) is 1.83. The highest BCUT2D eigenvalue weighted by atomic mass is 79.9. The third kappa shape index (κ3) is 3.03. The number of hydrogen-bond acceptors (Lipinski definition) is 3. The van der Waals surface area contributed by atoms with Crippen LogP contribution in [-0.2, 0) is 12.6 Å². The third-order valence-electron chi connectivity index (χ3n) is 2.30. The number of nitrogens with one attached hydrogen (secondary N) is 1. The first-order chi connectivity index (χ1) is 6.99. The van der Waals surface area contributed by atoms with Crippen LogP contribution in [0.2, 0.25) is 0 Å². The van der Waals surface area contributed by atoms with Crippen molar-refractivity contribution in [2.45, 2.75) is 25.9 Å². The van der Waals surface area contributed by atoms with Crippen molar-refractivity contribution < 1.29 is 5.11 Å². The molecule has 86 valence electrons. The summed E-state index contributed by atoms with van der Waals surface area (Å²) in [5.41, 5.74) is -0.106. The Kier molecular flexibility index (Phi) is 4.31. The highest BCUT2D eigenvalue weighted by molar-refractivity contribution is 9.10. The first kappa shape index (κ1) is 12.7. The first-order valence-electron chi connectivity index (χ1n) is 5.10. The summed E-state index contributed by atoms with van der Waals surface area (Å²) in [6.07, 6.45) is 2.76. The van der Waals surface area contributed by atoms with Crippen molar-refractivity contribution in [1.82, 2.24) is 15.1 Å². The van der Waals surface area contributed by atoms with Crippen LogP contribution in [0, 0.1) is 0 Å². The summed E-state index contributed by atoms with van der Waals surface area (Å²) in [5.74, 6) is 0. The van der Waals surface area contributed by atoms with Crippen LogP contribution in [0.4, 0.5) is 0 Å². The number of nitrogens with zero attached hydrogens (tertiary/aromatic N) is 2. The van der Waals surface area contributed by atoms with Crippen LogP contribution >= 0.6 is 15.9 Å². The van der Waals surface area contributed by atoms with Crippen LogP contribution in [0.25, 0.3) is 0 Å². The maximum Gasteiger partial charge on any atom is 0.117 e. The average Bonchev–Trinajstić information content (AvgIpc) is 2.46. The lowest BCUT2D eigenvalue weighted by atomic mass is 10.0. The highest BCUT2D eigenvalue weighted by Crippen LogP contribution is 2.26. The van der Waals surface area contributed by atoms with Gasteiger partial charge in [0.05, 0.1) is 16.4 Å². The van der Waals surface area contributed by atoms with Gasteiger partial charge in [-0.25, -0.2) is 0 Å². The maximum atomic E-state index is 10.3. The lowest BCUT2D eigenvalue weighted by molar-refractivity contribution is 0.0480. The van der Waals surface area contributed by atoms with E-state index in [0.717, 1.165) is 23.1 Å². The zero-order chi connectivity index (χ0) is 11.5. The van der Waals surface area contributed by atoms with E-state index in [1.165, 1.54) is 0 Å². The molecule has 0 saturated carbocycles. The second-order valence-corrected chi connectivity index (χ2v) is 4.77. The molecule has 1 heterocycles. The maximum absolute atomic E-state index is 10.3. The van der Waals surface area contributed by atoms with E-state index in [4.69, 9.17) is 0 Å². The molecule has 0 spiro atoms. The molecule has 0 aliphatic rings. The topological polar surface area (TPSA) is 50.1 Å². The van der Waals surface area contributed by atoms with Crippen molar-refractivity contribution in [1.29, 1.82) is 0 Å². The summed E-state index contributed by atoms with van der Waals surface area (Å²) >= 11 is 3.39. The van der Waals surface area contributed by atoms with Gasteiger partial charge in [0.15, 0.2) is 0 Å². The van der Waals surface area contributed by atoms with Gasteiger partial charge < -0.3 is 10.4 Å². The molecule has 15 heavy (non-hydrogen) atoms. The Hall–Kier alpha value is -0.390. The minimum atomic E-state index is -0.904. The molecule has 0 amide bonds. The van der Waals surface area contributed by atoms with Crippen molar-refractivity contribution in [3.05, 3.63) is 16.4 Å². The summed E-state index contributed by atoms with van der Waals surface area (Å²) in [5, 5.41) is 17.6. The van der Waals surface area contributed by atoms with Crippen molar-refractivity contribution in [2.24, 2.45) is 7.05 Å². The van der Waals surface area contributed by atoms with Crippen molar-refractivity contribution in [3.63, 3.8) is 0 Å². The Bertz CT molecular complexity index is 303. The largest absolute Gasteiger partial charge is 0.382 e. The summed E-state index contributed by atoms with van der Waals surface area (Å²) in [6.45, 7) is 5.32. The summed E-state index contributed by atoms with van der Waals surface area (Å²) < 4.78 is 2.53. The molecule has 0 aromatic carbocycles. The van der Waals surface area contributed by atoms with Crippen LogP contribution in [0.5, 0.6) is 0 Å². The van der Waals surface area contributed by atoms with Gasteiger partial charge in [-0.3, -0.25) is 4.68 Å². The van der Waals surface area contributed by atoms with Crippen LogP contribution in [0.3, 0.4) is 0 Å². The Morgan fingerprint density at radius 3 is 2.80 bits per heavy atom. The van der Waals surface area contributed by atoms with Gasteiger partial charge in [-0.2, -0.15) is 5.10 Å². The molecule has 0 fully saturated rings. The standard InChI is InChI=1S/C10H18BrN3O/c1-4-5-12-7-10(2,15)9-8(11)6-13-14(9)3/h6,12,15H,4-5,7H2,1-3H3. The fraction of sp³-hybridized carbons (Fsp3) is 0.700. The Labute approximate surface area is 98.8 Å². The predicted octanol–water partition coefficient (Wildman–Crippen LogP) is 1.39. The quantitative estimate of drug-likeness (QED) is 0.799. The number of aryl methyl sites for hydroxylation is 1. The van der Waals surface area contributed by atoms with Crippen LogP contribution < -0.4 is 5.32 Å². The number of halogens is 1. The summed E-state index contributed by atoms with van der Waals surface area (Å²) in [4.78, 5) is 0. The normalized spacial score (nSPS) is 15.3. The van der Waals surface area contributed by atoms with Crippen LogP contribution in [0.15, 0.2) is 10.7 Å². The van der Waals surface area contributed by atoms with E-state index >= 15 is 0 Å². The molecule has 0 saturated heterocycles. The van der Waals surface area contributed by atoms with Gasteiger partial charge in [0, 0.05) is 13.6 Å². The van der Waals surface area contributed by atoms with E-state index in [1.807, 2.05) is 7.05 Å². The summed E-state index contributed by atoms with van der Waals surface area (Å²) in [6, 6.07) is 0. The van der Waals surface area contributed by atoms with E-state index in [-0.39, 0.29) is 0 Å². The van der Waals surface area contributed by atoms with Gasteiger partial charge in [0.25, 0.3) is 0 Å². The van der Waals surface area contributed by atoms with Gasteiger partial charge in [-0.15, -0.1) is 0 Å². The average molecular weight is 276 g/mol. The van der Waals surface area contributed by atoms with E-state index in [2.05, 4.69) is 33.3 Å². The fourth-order valence-electron chi connectivity index (χ4n) is 1.61. The van der Waals surface area contributed by atoms with Crippen molar-refractivity contribution in [3.8, 4) is 0 Å². The molecule has 0 aliphatic carbocycles. The van der Waals surface area contributed by atoms with Crippen molar-refractivity contribution in [2.75, 3.05) is 13.1 Å². The molecule has 0 aliphatic heterocycles. The molecule has 0 radical (unpaired) electrons. The molecule has 1 rings (SSSR count). The molecule has 1 atom stereocenters. The van der Waals surface area contributed by atoms with E-state index in [9.17, 15) is 5.11 Å². The molecule has 1 aromatic rings. The Morgan fingerprint density at radius 1 is 1.67 bits per heavy atom. The molecule has 4 nitrogen and oxygen atoms in total. The lowest BCUT2D eigenvalue weighted by Crippen LogP contribution is -2.37. The fourth-order valence-corrected chi connectivity index (χ4v) is 2.38. The van der Waals surface area contributed by atoms with Gasteiger partial charge in [-0.1, -0.05) is 6.92 Å². The second kappa shape index (κ2) is 5.09. The van der Waals surface area contributed by atoms with E-state index < -0.39 is 5.60 Å². The second-order valence-electron chi connectivity index (χ2n) is 3.92. The molecule has 5 heteroatoms. The van der Waals surface area contributed by atoms with Crippen molar-refractivity contribution >= 4 is 15.9 Å². The third-order valence-corrected chi connectivity index (χ3v) is 2.88. The van der Waals surface area contributed by atoms with Crippen LogP contribution in [-0.4, -0.2) is 28.0 Å². The minimum absolute atomic E-state index is 0.527. The van der Waals surface area contributed by atoms with E-state index in [1.54, 1.807) is 17.8 Å². The molecular formula is C10H18BrN3O. The number of aliphatic hydroxyl groups is 1. The zero-order valence-corrected chi connectivity index (χ0v) is 11.0. The monoisotopic (exact) mass is 275 g/mol. The van der Waals surface area contributed by atoms with Crippen LogP contribution in [0.1, 0.15) is 26.0 Å². The minimum Gasteiger partial charge on any atom is -0.382 e. The van der Waals surface area contributed by atoms with E-state index in [0.29, 0.717) is 6.54 Å². The molecule has 2 N–H and O–H groups in total. The van der Waals surface area contributed by atoms with Gasteiger partial charge in [0.1, 0.15) is 5.60 Å².